The monoisotopic (exact) mass is 576 g/mol. The smallest absolute Gasteiger partial charge is 0.268 e. The minimum atomic E-state index is 0.0802. The Morgan fingerprint density at radius 1 is 0.773 bits per heavy atom. The lowest BCUT2D eigenvalue weighted by Crippen LogP contribution is -2.29. The summed E-state index contributed by atoms with van der Waals surface area (Å²) >= 11 is 0. The van der Waals surface area contributed by atoms with E-state index in [2.05, 4.69) is 124 Å². The molecule has 3 aromatic heterocycles. The first-order valence-electron chi connectivity index (χ1n) is 15.2. The summed E-state index contributed by atoms with van der Waals surface area (Å²) in [5, 5.41) is 2.36. The van der Waals surface area contributed by atoms with Gasteiger partial charge < -0.3 is 4.74 Å². The molecule has 4 aromatic carbocycles. The van der Waals surface area contributed by atoms with Gasteiger partial charge in [-0.05, 0) is 83.1 Å². The van der Waals surface area contributed by atoms with Crippen molar-refractivity contribution in [2.45, 2.75) is 46.0 Å². The number of rotatable bonds is 6. The highest BCUT2D eigenvalue weighted by molar-refractivity contribution is 6.09. The van der Waals surface area contributed by atoms with Crippen LogP contribution in [0, 0.1) is 6.33 Å². The van der Waals surface area contributed by atoms with Crippen molar-refractivity contribution < 1.29 is 9.30 Å². The molecule has 0 aliphatic carbocycles. The van der Waals surface area contributed by atoms with E-state index in [4.69, 9.17) is 9.72 Å². The second kappa shape index (κ2) is 10.8. The van der Waals surface area contributed by atoms with Crippen LogP contribution in [0.1, 0.15) is 51.7 Å². The van der Waals surface area contributed by atoms with Gasteiger partial charge in [0.25, 0.3) is 6.33 Å². The van der Waals surface area contributed by atoms with Crippen molar-refractivity contribution in [2.24, 2.45) is 0 Å². The van der Waals surface area contributed by atoms with Crippen LogP contribution < -0.4 is 9.30 Å². The van der Waals surface area contributed by atoms with Crippen LogP contribution >= 0.6 is 0 Å². The van der Waals surface area contributed by atoms with Crippen LogP contribution in [0.25, 0.3) is 39.0 Å². The van der Waals surface area contributed by atoms with Gasteiger partial charge in [-0.25, -0.2) is 4.98 Å². The predicted octanol–water partition coefficient (Wildman–Crippen LogP) is 9.26. The summed E-state index contributed by atoms with van der Waals surface area (Å²) in [4.78, 5) is 4.78. The molecule has 0 radical (unpaired) electrons. The van der Waals surface area contributed by atoms with Crippen LogP contribution in [-0.2, 0) is 5.41 Å². The maximum atomic E-state index is 6.47. The number of aromatic nitrogens is 4. The van der Waals surface area contributed by atoms with E-state index in [9.17, 15) is 0 Å². The highest BCUT2D eigenvalue weighted by Crippen LogP contribution is 2.35. The first-order chi connectivity index (χ1) is 21.2. The summed E-state index contributed by atoms with van der Waals surface area (Å²) in [6.07, 6.45) is 9.41. The second-order valence-corrected chi connectivity index (χ2v) is 12.7. The summed E-state index contributed by atoms with van der Waals surface area (Å²) in [5.74, 6) is 2.85. The number of hydrogen-bond acceptors (Lipinski definition) is 2. The summed E-state index contributed by atoms with van der Waals surface area (Å²) in [5.41, 5.74) is 6.87. The van der Waals surface area contributed by atoms with Gasteiger partial charge in [0.1, 0.15) is 17.3 Å². The number of imidazole rings is 1. The zero-order valence-corrected chi connectivity index (χ0v) is 25.8. The average Bonchev–Trinajstić information content (AvgIpc) is 3.64. The molecule has 0 aliphatic heterocycles. The fraction of sp³-hybridized carbons (Fsp3) is 0.179. The normalized spacial score (nSPS) is 12.0. The average molecular weight is 577 g/mol. The number of nitrogens with zero attached hydrogens (tertiary/aromatic N) is 4. The first-order valence-corrected chi connectivity index (χ1v) is 15.2. The second-order valence-electron chi connectivity index (χ2n) is 12.7. The van der Waals surface area contributed by atoms with Gasteiger partial charge in [-0.15, -0.1) is 0 Å². The highest BCUT2D eigenvalue weighted by Gasteiger charge is 2.16. The van der Waals surface area contributed by atoms with E-state index in [1.54, 1.807) is 0 Å². The molecule has 7 aromatic rings. The van der Waals surface area contributed by atoms with Gasteiger partial charge in [0.2, 0.25) is 0 Å². The molecule has 7 rings (SSSR count). The van der Waals surface area contributed by atoms with Gasteiger partial charge in [0.05, 0.1) is 22.4 Å². The van der Waals surface area contributed by atoms with Crippen molar-refractivity contribution in [3.05, 3.63) is 139 Å². The molecule has 44 heavy (non-hydrogen) atoms. The molecule has 0 aliphatic rings. The SMILES string of the molecule is CC(C)c1ccnc(-n2c3ccccc3c3ccc(Oc4cccc(-n5[c-][n+](-c6cccc(C(C)(C)C)c6)cc5)c4)cc32)c1. The number of hydrogen-bond donors (Lipinski definition) is 0. The van der Waals surface area contributed by atoms with E-state index in [-0.39, 0.29) is 5.41 Å². The van der Waals surface area contributed by atoms with E-state index < -0.39 is 0 Å². The Kier molecular flexibility index (Phi) is 6.81. The minimum absolute atomic E-state index is 0.0802. The Morgan fingerprint density at radius 2 is 1.57 bits per heavy atom. The number of ether oxygens (including phenoxy) is 1. The minimum Gasteiger partial charge on any atom is -0.458 e. The van der Waals surface area contributed by atoms with Crippen molar-refractivity contribution in [3.63, 3.8) is 0 Å². The molecule has 218 valence electrons. The third-order valence-corrected chi connectivity index (χ3v) is 8.21. The number of para-hydroxylation sites is 1. The van der Waals surface area contributed by atoms with Crippen molar-refractivity contribution in [1.82, 2.24) is 14.1 Å². The van der Waals surface area contributed by atoms with Gasteiger partial charge in [-0.3, -0.25) is 13.7 Å². The zero-order valence-electron chi connectivity index (χ0n) is 25.8. The Morgan fingerprint density at radius 3 is 2.41 bits per heavy atom. The van der Waals surface area contributed by atoms with Crippen LogP contribution in [0.15, 0.2) is 122 Å². The summed E-state index contributed by atoms with van der Waals surface area (Å²) in [6, 6.07) is 35.8. The van der Waals surface area contributed by atoms with E-state index in [0.717, 1.165) is 39.7 Å². The molecule has 0 spiro atoms. The van der Waals surface area contributed by atoms with Crippen molar-refractivity contribution in [2.75, 3.05) is 0 Å². The third-order valence-electron chi connectivity index (χ3n) is 8.21. The largest absolute Gasteiger partial charge is 0.458 e. The molecule has 3 heterocycles. The van der Waals surface area contributed by atoms with Gasteiger partial charge in [0.15, 0.2) is 0 Å². The lowest BCUT2D eigenvalue weighted by molar-refractivity contribution is -0.599. The summed E-state index contributed by atoms with van der Waals surface area (Å²) in [6.45, 7) is 11.1. The number of benzene rings is 4. The number of fused-ring (bicyclic) bond motifs is 3. The molecule has 0 amide bonds. The van der Waals surface area contributed by atoms with Crippen LogP contribution in [-0.4, -0.2) is 14.1 Å². The predicted molar refractivity (Wildman–Crippen MR) is 178 cm³/mol. The van der Waals surface area contributed by atoms with Crippen LogP contribution in [0.5, 0.6) is 11.5 Å². The van der Waals surface area contributed by atoms with E-state index in [0.29, 0.717) is 5.92 Å². The Bertz CT molecular complexity index is 2130. The molecule has 0 unspecified atom stereocenters. The molecule has 0 N–H and O–H groups in total. The molecule has 0 fully saturated rings. The van der Waals surface area contributed by atoms with Crippen LogP contribution in [0.2, 0.25) is 0 Å². The Labute approximate surface area is 258 Å². The molecule has 0 saturated heterocycles. The Hall–Kier alpha value is -5.16. The highest BCUT2D eigenvalue weighted by atomic mass is 16.5. The van der Waals surface area contributed by atoms with Gasteiger partial charge in [-0.1, -0.05) is 71.0 Å². The van der Waals surface area contributed by atoms with Crippen LogP contribution in [0.3, 0.4) is 0 Å². The van der Waals surface area contributed by atoms with E-state index >= 15 is 0 Å². The topological polar surface area (TPSA) is 35.9 Å². The fourth-order valence-corrected chi connectivity index (χ4v) is 5.74. The standard InChI is InChI=1S/C39H36N4O/c1-27(2)28-18-19-40-38(22-28)43-36-15-7-6-14-34(36)35-17-16-33(25-37(35)43)44-32-13-9-12-31(24-32)42-21-20-41(26-42)30-11-8-10-29(23-30)39(3,4)5/h6-25,27H,1-5H3. The lowest BCUT2D eigenvalue weighted by Gasteiger charge is -2.19. The molecular weight excluding hydrogens is 540 g/mol. The van der Waals surface area contributed by atoms with E-state index in [1.807, 2.05) is 52.0 Å². The maximum Gasteiger partial charge on any atom is 0.268 e. The van der Waals surface area contributed by atoms with Crippen LogP contribution in [0.4, 0.5) is 0 Å². The third kappa shape index (κ3) is 5.15. The lowest BCUT2D eigenvalue weighted by atomic mass is 9.87. The van der Waals surface area contributed by atoms with Gasteiger partial charge in [0, 0.05) is 35.4 Å². The maximum absolute atomic E-state index is 6.47. The van der Waals surface area contributed by atoms with Crippen molar-refractivity contribution in [1.29, 1.82) is 0 Å². The molecule has 5 nitrogen and oxygen atoms in total. The molecule has 0 bridgehead atoms. The summed E-state index contributed by atoms with van der Waals surface area (Å²) < 4.78 is 12.7. The van der Waals surface area contributed by atoms with Crippen molar-refractivity contribution >= 4 is 21.8 Å². The Balaban J connectivity index is 1.23. The molecular formula is C39H36N4O. The fourth-order valence-electron chi connectivity index (χ4n) is 5.74. The van der Waals surface area contributed by atoms with E-state index in [1.165, 1.54) is 21.9 Å². The number of pyridine rings is 1. The first kappa shape index (κ1) is 27.7. The molecule has 5 heteroatoms. The molecule has 0 atom stereocenters. The quantitative estimate of drug-likeness (QED) is 0.146. The van der Waals surface area contributed by atoms with Crippen molar-refractivity contribution in [3.8, 4) is 28.7 Å². The molecule has 0 saturated carbocycles. The van der Waals surface area contributed by atoms with Gasteiger partial charge >= 0.3 is 0 Å². The van der Waals surface area contributed by atoms with Gasteiger partial charge in [-0.2, -0.15) is 0 Å². The summed E-state index contributed by atoms with van der Waals surface area (Å²) in [7, 11) is 0. The zero-order chi connectivity index (χ0) is 30.4.